The Labute approximate surface area is 166 Å². The molecule has 1 amide bonds. The minimum absolute atomic E-state index is 0.0994. The van der Waals surface area contributed by atoms with E-state index in [0.29, 0.717) is 6.04 Å². The zero-order chi connectivity index (χ0) is 19.5. The Morgan fingerprint density at radius 3 is 2.61 bits per heavy atom. The summed E-state index contributed by atoms with van der Waals surface area (Å²) in [4.78, 5) is 16.4. The number of nitrogens with zero attached hydrogens (tertiary/aromatic N) is 4. The van der Waals surface area contributed by atoms with E-state index in [1.54, 1.807) is 24.5 Å². The van der Waals surface area contributed by atoms with E-state index in [4.69, 9.17) is 0 Å². The van der Waals surface area contributed by atoms with Crippen LogP contribution in [0.1, 0.15) is 37.4 Å². The van der Waals surface area contributed by atoms with E-state index in [0.717, 1.165) is 34.9 Å². The van der Waals surface area contributed by atoms with Crippen molar-refractivity contribution in [1.29, 1.82) is 0 Å². The molecule has 1 atom stereocenters. The summed E-state index contributed by atoms with van der Waals surface area (Å²) in [7, 11) is 0. The highest BCUT2D eigenvalue weighted by Gasteiger charge is 2.30. The molecule has 144 valence electrons. The summed E-state index contributed by atoms with van der Waals surface area (Å²) < 4.78 is 15.2. The van der Waals surface area contributed by atoms with Gasteiger partial charge in [-0.3, -0.25) is 14.3 Å². The summed E-state index contributed by atoms with van der Waals surface area (Å²) in [5.74, 6) is 0.666. The van der Waals surface area contributed by atoms with Gasteiger partial charge < -0.3 is 5.32 Å². The lowest BCUT2D eigenvalue weighted by atomic mass is 10.1. The van der Waals surface area contributed by atoms with Crippen LogP contribution in [-0.4, -0.2) is 31.4 Å². The summed E-state index contributed by atoms with van der Waals surface area (Å²) >= 11 is 1.38. The zero-order valence-corrected chi connectivity index (χ0v) is 16.2. The van der Waals surface area contributed by atoms with E-state index in [1.165, 1.54) is 23.9 Å². The van der Waals surface area contributed by atoms with Crippen LogP contribution in [0.3, 0.4) is 0 Å². The van der Waals surface area contributed by atoms with Crippen LogP contribution in [0.5, 0.6) is 0 Å². The minimum Gasteiger partial charge on any atom is -0.349 e. The largest absolute Gasteiger partial charge is 0.349 e. The van der Waals surface area contributed by atoms with Crippen molar-refractivity contribution in [3.63, 3.8) is 0 Å². The van der Waals surface area contributed by atoms with E-state index in [9.17, 15) is 9.18 Å². The molecule has 0 aliphatic heterocycles. The first-order valence-corrected chi connectivity index (χ1v) is 10.1. The maximum atomic E-state index is 13.0. The monoisotopic (exact) mass is 397 g/mol. The van der Waals surface area contributed by atoms with Gasteiger partial charge in [-0.05, 0) is 49.6 Å². The molecule has 2 heterocycles. The molecular weight excluding hydrogens is 377 g/mol. The van der Waals surface area contributed by atoms with Gasteiger partial charge in [0.05, 0.1) is 11.8 Å². The van der Waals surface area contributed by atoms with Gasteiger partial charge in [0.1, 0.15) is 5.82 Å². The lowest BCUT2D eigenvalue weighted by molar-refractivity contribution is -0.119. The van der Waals surface area contributed by atoms with Crippen molar-refractivity contribution in [2.45, 2.75) is 37.0 Å². The quantitative estimate of drug-likeness (QED) is 0.614. The molecule has 6 nitrogen and oxygen atoms in total. The first kappa shape index (κ1) is 18.6. The number of halogens is 1. The molecule has 0 spiro atoms. The highest BCUT2D eigenvalue weighted by atomic mass is 32.2. The number of pyridine rings is 1. The molecule has 1 aliphatic rings. The van der Waals surface area contributed by atoms with E-state index in [1.807, 2.05) is 19.1 Å². The van der Waals surface area contributed by atoms with Crippen molar-refractivity contribution in [2.75, 3.05) is 5.75 Å². The predicted molar refractivity (Wildman–Crippen MR) is 105 cm³/mol. The molecule has 1 N–H and O–H groups in total. The standard InChI is InChI=1S/C20H20FN5OS/c1-13(14-2-4-16(21)5-3-14)23-18(27)12-28-20-25-24-19(26(20)17-6-7-17)15-8-10-22-11-9-15/h2-5,8-11,13,17H,6-7,12H2,1H3,(H,23,27)/t13-/m1/s1. The molecule has 4 rings (SSSR count). The third-order valence-corrected chi connectivity index (χ3v) is 5.54. The molecule has 2 aromatic heterocycles. The lowest BCUT2D eigenvalue weighted by Gasteiger charge is -2.14. The van der Waals surface area contributed by atoms with Crippen LogP contribution in [0.15, 0.2) is 53.9 Å². The van der Waals surface area contributed by atoms with Gasteiger partial charge >= 0.3 is 0 Å². The van der Waals surface area contributed by atoms with Crippen molar-refractivity contribution in [3.8, 4) is 11.4 Å². The average Bonchev–Trinajstić information content (AvgIpc) is 3.46. The molecule has 1 saturated carbocycles. The number of thioether (sulfide) groups is 1. The van der Waals surface area contributed by atoms with Crippen molar-refractivity contribution in [3.05, 3.63) is 60.2 Å². The van der Waals surface area contributed by atoms with Crippen molar-refractivity contribution >= 4 is 17.7 Å². The molecule has 0 radical (unpaired) electrons. The van der Waals surface area contributed by atoms with Crippen molar-refractivity contribution in [1.82, 2.24) is 25.1 Å². The number of rotatable bonds is 7. The number of carbonyl (C=O) groups is 1. The molecule has 8 heteroatoms. The Morgan fingerprint density at radius 2 is 1.93 bits per heavy atom. The Morgan fingerprint density at radius 1 is 1.21 bits per heavy atom. The van der Waals surface area contributed by atoms with Gasteiger partial charge in [0, 0.05) is 24.0 Å². The third kappa shape index (κ3) is 4.22. The Hall–Kier alpha value is -2.74. The SMILES string of the molecule is C[C@@H](NC(=O)CSc1nnc(-c2ccncc2)n1C1CC1)c1ccc(F)cc1. The lowest BCUT2D eigenvalue weighted by Crippen LogP contribution is -2.28. The van der Waals surface area contributed by atoms with Gasteiger partial charge in [0.2, 0.25) is 5.91 Å². The second kappa shape index (κ2) is 8.10. The number of amides is 1. The van der Waals surface area contributed by atoms with Crippen molar-refractivity contribution in [2.24, 2.45) is 0 Å². The van der Waals surface area contributed by atoms with E-state index < -0.39 is 0 Å². The van der Waals surface area contributed by atoms with Crippen LogP contribution in [0, 0.1) is 5.82 Å². The normalized spacial score (nSPS) is 14.6. The first-order valence-electron chi connectivity index (χ1n) is 9.15. The summed E-state index contributed by atoms with van der Waals surface area (Å²) in [5.41, 5.74) is 1.83. The summed E-state index contributed by atoms with van der Waals surface area (Å²) in [6.45, 7) is 1.88. The second-order valence-electron chi connectivity index (χ2n) is 6.77. The van der Waals surface area contributed by atoms with Gasteiger partial charge in [-0.25, -0.2) is 4.39 Å². The molecule has 0 saturated heterocycles. The summed E-state index contributed by atoms with van der Waals surface area (Å²) in [5, 5.41) is 12.3. The second-order valence-corrected chi connectivity index (χ2v) is 7.72. The molecule has 3 aromatic rings. The molecule has 0 unspecified atom stereocenters. The molecular formula is C20H20FN5OS. The molecule has 1 aromatic carbocycles. The third-order valence-electron chi connectivity index (χ3n) is 4.59. The van der Waals surface area contributed by atoms with Gasteiger partial charge in [-0.15, -0.1) is 10.2 Å². The zero-order valence-electron chi connectivity index (χ0n) is 15.4. The van der Waals surface area contributed by atoms with Gasteiger partial charge in [0.15, 0.2) is 11.0 Å². The molecule has 1 aliphatic carbocycles. The number of hydrogen-bond acceptors (Lipinski definition) is 5. The van der Waals surface area contributed by atoms with Crippen LogP contribution >= 0.6 is 11.8 Å². The average molecular weight is 397 g/mol. The summed E-state index contributed by atoms with van der Waals surface area (Å²) in [6.07, 6.45) is 5.66. The van der Waals surface area contributed by atoms with Crippen LogP contribution in [-0.2, 0) is 4.79 Å². The highest BCUT2D eigenvalue weighted by Crippen LogP contribution is 2.40. The Balaban J connectivity index is 1.41. The molecule has 1 fully saturated rings. The summed E-state index contributed by atoms with van der Waals surface area (Å²) in [6, 6.07) is 10.2. The number of hydrogen-bond donors (Lipinski definition) is 1. The maximum absolute atomic E-state index is 13.0. The predicted octanol–water partition coefficient (Wildman–Crippen LogP) is 3.78. The topological polar surface area (TPSA) is 72.7 Å². The van der Waals surface area contributed by atoms with E-state index >= 15 is 0 Å². The van der Waals surface area contributed by atoms with Gasteiger partial charge in [0.25, 0.3) is 0 Å². The Bertz CT molecular complexity index is 956. The van der Waals surface area contributed by atoms with Gasteiger partial charge in [-0.1, -0.05) is 23.9 Å². The number of carbonyl (C=O) groups excluding carboxylic acids is 1. The van der Waals surface area contributed by atoms with Gasteiger partial charge in [-0.2, -0.15) is 0 Å². The minimum atomic E-state index is -0.290. The smallest absolute Gasteiger partial charge is 0.230 e. The fourth-order valence-electron chi connectivity index (χ4n) is 2.98. The highest BCUT2D eigenvalue weighted by molar-refractivity contribution is 7.99. The maximum Gasteiger partial charge on any atom is 0.230 e. The van der Waals surface area contributed by atoms with Crippen molar-refractivity contribution < 1.29 is 9.18 Å². The number of benzene rings is 1. The van der Waals surface area contributed by atoms with Crippen LogP contribution in [0.25, 0.3) is 11.4 Å². The fourth-order valence-corrected chi connectivity index (χ4v) is 3.80. The van der Waals surface area contributed by atoms with E-state index in [-0.39, 0.29) is 23.5 Å². The Kier molecular flexibility index (Phi) is 5.38. The number of nitrogens with one attached hydrogen (secondary N) is 1. The molecule has 0 bridgehead atoms. The van der Waals surface area contributed by atoms with Crippen LogP contribution in [0.2, 0.25) is 0 Å². The fraction of sp³-hybridized carbons (Fsp3) is 0.300. The van der Waals surface area contributed by atoms with Crippen LogP contribution < -0.4 is 5.32 Å². The number of aromatic nitrogens is 4. The van der Waals surface area contributed by atoms with E-state index in [2.05, 4.69) is 25.1 Å². The molecule has 28 heavy (non-hydrogen) atoms. The van der Waals surface area contributed by atoms with Crippen LogP contribution in [0.4, 0.5) is 4.39 Å². The first-order chi connectivity index (χ1) is 13.6.